The molecule has 0 spiro atoms. The Morgan fingerprint density at radius 3 is 2.36 bits per heavy atom. The van der Waals surface area contributed by atoms with Crippen LogP contribution >= 0.6 is 0 Å². The minimum Gasteiger partial charge on any atom is -0.395 e. The second kappa shape index (κ2) is 6.55. The minimum atomic E-state index is -0.269. The third kappa shape index (κ3) is 5.16. The Labute approximate surface area is 68.0 Å². The van der Waals surface area contributed by atoms with Crippen molar-refractivity contribution in [3.63, 3.8) is 0 Å². The Kier molecular flexibility index (Phi) is 6.46. The highest BCUT2D eigenvalue weighted by atomic mass is 19.1. The lowest BCUT2D eigenvalue weighted by Crippen LogP contribution is -2.34. The average molecular weight is 163 g/mol. The van der Waals surface area contributed by atoms with E-state index in [1.165, 1.54) is 0 Å². The first-order valence-corrected chi connectivity index (χ1v) is 4.13. The number of halogens is 1. The Bertz CT molecular complexity index is 88.2. The van der Waals surface area contributed by atoms with Gasteiger partial charge < -0.3 is 5.11 Å². The van der Waals surface area contributed by atoms with E-state index in [-0.39, 0.29) is 13.3 Å². The van der Waals surface area contributed by atoms with Gasteiger partial charge in [0.2, 0.25) is 0 Å². The summed E-state index contributed by atoms with van der Waals surface area (Å²) in [5.41, 5.74) is 0. The molecule has 0 aromatic rings. The van der Waals surface area contributed by atoms with Crippen LogP contribution in [0.2, 0.25) is 0 Å². The molecule has 0 aromatic carbocycles. The first-order chi connectivity index (χ1) is 5.22. The van der Waals surface area contributed by atoms with Crippen LogP contribution in [0.15, 0.2) is 0 Å². The van der Waals surface area contributed by atoms with E-state index >= 15 is 0 Å². The van der Waals surface area contributed by atoms with E-state index in [1.807, 2.05) is 13.8 Å². The van der Waals surface area contributed by atoms with Gasteiger partial charge in [0, 0.05) is 19.1 Å². The molecular formula is C8H18FNO. The van der Waals surface area contributed by atoms with Gasteiger partial charge in [-0.3, -0.25) is 9.29 Å². The predicted octanol–water partition coefficient (Wildman–Crippen LogP) is 1.05. The number of hydrogen-bond donors (Lipinski definition) is 1. The second-order valence-corrected chi connectivity index (χ2v) is 2.90. The standard InChI is InChI=1S/C8H18FNO/c1-8(2)10(6-7-11)5-3-4-9/h8,11H,3-7H2,1-2H3. The lowest BCUT2D eigenvalue weighted by Gasteiger charge is -2.24. The summed E-state index contributed by atoms with van der Waals surface area (Å²) in [5.74, 6) is 0. The number of aliphatic hydroxyl groups excluding tert-OH is 1. The van der Waals surface area contributed by atoms with Gasteiger partial charge in [0.05, 0.1) is 13.3 Å². The average Bonchev–Trinajstić information content (AvgIpc) is 1.97. The van der Waals surface area contributed by atoms with Crippen LogP contribution < -0.4 is 0 Å². The lowest BCUT2D eigenvalue weighted by molar-refractivity contribution is 0.161. The van der Waals surface area contributed by atoms with E-state index in [0.717, 1.165) is 6.54 Å². The van der Waals surface area contributed by atoms with Crippen LogP contribution in [-0.4, -0.2) is 42.4 Å². The molecule has 0 aliphatic rings. The largest absolute Gasteiger partial charge is 0.395 e. The van der Waals surface area contributed by atoms with E-state index in [0.29, 0.717) is 19.0 Å². The normalized spacial score (nSPS) is 11.5. The van der Waals surface area contributed by atoms with Crippen molar-refractivity contribution >= 4 is 0 Å². The molecule has 0 aliphatic heterocycles. The number of aliphatic hydroxyl groups is 1. The predicted molar refractivity (Wildman–Crippen MR) is 44.4 cm³/mol. The zero-order valence-corrected chi connectivity index (χ0v) is 7.39. The molecule has 0 heterocycles. The van der Waals surface area contributed by atoms with Crippen molar-refractivity contribution in [3.8, 4) is 0 Å². The van der Waals surface area contributed by atoms with Gasteiger partial charge >= 0.3 is 0 Å². The van der Waals surface area contributed by atoms with Crippen LogP contribution in [0, 0.1) is 0 Å². The fourth-order valence-corrected chi connectivity index (χ4v) is 1.02. The molecule has 0 atom stereocenters. The third-order valence-corrected chi connectivity index (χ3v) is 1.70. The molecule has 3 heteroatoms. The maximum absolute atomic E-state index is 11.8. The van der Waals surface area contributed by atoms with Gasteiger partial charge in [0.25, 0.3) is 0 Å². The van der Waals surface area contributed by atoms with Crippen molar-refractivity contribution in [2.24, 2.45) is 0 Å². The van der Waals surface area contributed by atoms with Gasteiger partial charge in [-0.25, -0.2) is 0 Å². The number of hydrogen-bond acceptors (Lipinski definition) is 2. The van der Waals surface area contributed by atoms with Crippen LogP contribution in [-0.2, 0) is 0 Å². The number of nitrogens with zero attached hydrogens (tertiary/aromatic N) is 1. The zero-order valence-electron chi connectivity index (χ0n) is 7.39. The van der Waals surface area contributed by atoms with Crippen LogP contribution in [0.4, 0.5) is 4.39 Å². The second-order valence-electron chi connectivity index (χ2n) is 2.90. The first-order valence-electron chi connectivity index (χ1n) is 4.13. The van der Waals surface area contributed by atoms with Gasteiger partial charge in [-0.1, -0.05) is 0 Å². The summed E-state index contributed by atoms with van der Waals surface area (Å²) in [6.45, 7) is 5.38. The SMILES string of the molecule is CC(C)N(CCO)CCCF. The molecule has 0 radical (unpaired) electrons. The Morgan fingerprint density at radius 1 is 1.36 bits per heavy atom. The van der Waals surface area contributed by atoms with Gasteiger partial charge in [-0.15, -0.1) is 0 Å². The Hall–Kier alpha value is -0.150. The van der Waals surface area contributed by atoms with Gasteiger partial charge in [0.15, 0.2) is 0 Å². The molecule has 68 valence electrons. The van der Waals surface area contributed by atoms with Crippen molar-refractivity contribution in [2.75, 3.05) is 26.4 Å². The molecule has 0 unspecified atom stereocenters. The molecule has 0 saturated carbocycles. The molecule has 2 nitrogen and oxygen atoms in total. The molecule has 0 bridgehead atoms. The Balaban J connectivity index is 3.51. The van der Waals surface area contributed by atoms with Crippen LogP contribution in [0.5, 0.6) is 0 Å². The molecule has 0 aliphatic carbocycles. The van der Waals surface area contributed by atoms with Crippen molar-refractivity contribution in [3.05, 3.63) is 0 Å². The Morgan fingerprint density at radius 2 is 2.00 bits per heavy atom. The van der Waals surface area contributed by atoms with Gasteiger partial charge in [-0.05, 0) is 20.3 Å². The van der Waals surface area contributed by atoms with Gasteiger partial charge in [-0.2, -0.15) is 0 Å². The molecule has 0 aromatic heterocycles. The van der Waals surface area contributed by atoms with Crippen molar-refractivity contribution in [1.82, 2.24) is 4.90 Å². The van der Waals surface area contributed by atoms with Crippen molar-refractivity contribution in [2.45, 2.75) is 26.3 Å². The summed E-state index contributed by atoms with van der Waals surface area (Å²) < 4.78 is 11.8. The zero-order chi connectivity index (χ0) is 8.69. The smallest absolute Gasteiger partial charge is 0.0906 e. The first kappa shape index (κ1) is 10.8. The minimum absolute atomic E-state index is 0.157. The van der Waals surface area contributed by atoms with E-state index in [1.54, 1.807) is 0 Å². The monoisotopic (exact) mass is 163 g/mol. The fraction of sp³-hybridized carbons (Fsp3) is 1.00. The lowest BCUT2D eigenvalue weighted by atomic mass is 10.3. The number of rotatable bonds is 6. The third-order valence-electron chi connectivity index (χ3n) is 1.70. The summed E-state index contributed by atoms with van der Waals surface area (Å²) in [6.07, 6.45) is 0.568. The summed E-state index contributed by atoms with van der Waals surface area (Å²) in [4.78, 5) is 2.07. The fourth-order valence-electron chi connectivity index (χ4n) is 1.02. The molecule has 0 amide bonds. The van der Waals surface area contributed by atoms with Crippen LogP contribution in [0.1, 0.15) is 20.3 Å². The summed E-state index contributed by atoms with van der Waals surface area (Å²) >= 11 is 0. The molecule has 11 heavy (non-hydrogen) atoms. The molecule has 0 rings (SSSR count). The summed E-state index contributed by atoms with van der Waals surface area (Å²) in [7, 11) is 0. The topological polar surface area (TPSA) is 23.5 Å². The highest BCUT2D eigenvalue weighted by Gasteiger charge is 2.06. The van der Waals surface area contributed by atoms with E-state index in [4.69, 9.17) is 5.11 Å². The maximum atomic E-state index is 11.8. The van der Waals surface area contributed by atoms with Gasteiger partial charge in [0.1, 0.15) is 0 Å². The molecule has 0 saturated heterocycles. The van der Waals surface area contributed by atoms with E-state index < -0.39 is 0 Å². The highest BCUT2D eigenvalue weighted by Crippen LogP contribution is 1.98. The van der Waals surface area contributed by atoms with Crippen molar-refractivity contribution < 1.29 is 9.50 Å². The quantitative estimate of drug-likeness (QED) is 0.632. The molecular weight excluding hydrogens is 145 g/mol. The maximum Gasteiger partial charge on any atom is 0.0906 e. The molecule has 0 fully saturated rings. The number of alkyl halides is 1. The summed E-state index contributed by atoms with van der Waals surface area (Å²) in [6, 6.07) is 0.397. The molecule has 1 N–H and O–H groups in total. The summed E-state index contributed by atoms with van der Waals surface area (Å²) in [5, 5.41) is 8.65. The highest BCUT2D eigenvalue weighted by molar-refractivity contribution is 4.61. The van der Waals surface area contributed by atoms with Crippen LogP contribution in [0.3, 0.4) is 0 Å². The van der Waals surface area contributed by atoms with E-state index in [2.05, 4.69) is 4.90 Å². The van der Waals surface area contributed by atoms with Crippen molar-refractivity contribution in [1.29, 1.82) is 0 Å². The van der Waals surface area contributed by atoms with Crippen LogP contribution in [0.25, 0.3) is 0 Å². The van der Waals surface area contributed by atoms with E-state index in [9.17, 15) is 4.39 Å².